The molecule has 0 radical (unpaired) electrons. The number of carbonyl (C=O) groups is 1. The summed E-state index contributed by atoms with van der Waals surface area (Å²) in [5, 5.41) is 0.605. The Morgan fingerprint density at radius 2 is 2.11 bits per heavy atom. The van der Waals surface area contributed by atoms with Gasteiger partial charge in [0, 0.05) is 10.7 Å². The topological polar surface area (TPSA) is 54.7 Å². The maximum absolute atomic E-state index is 12.0. The molecule has 100 valence electrons. The number of hydrogen-bond donors (Lipinski definition) is 1. The van der Waals surface area contributed by atoms with Crippen LogP contribution in [0.3, 0.4) is 0 Å². The van der Waals surface area contributed by atoms with Crippen molar-refractivity contribution in [2.45, 2.75) is 6.54 Å². The van der Waals surface area contributed by atoms with Crippen LogP contribution in [-0.4, -0.2) is 13.1 Å². The van der Waals surface area contributed by atoms with Crippen LogP contribution in [0.1, 0.15) is 5.76 Å². The number of rotatable bonds is 4. The lowest BCUT2D eigenvalue weighted by molar-refractivity contribution is 0.110. The van der Waals surface area contributed by atoms with E-state index in [2.05, 4.69) is 10.3 Å². The minimum Gasteiger partial charge on any atom is -0.467 e. The van der Waals surface area contributed by atoms with E-state index < -0.39 is 0 Å². The van der Waals surface area contributed by atoms with Gasteiger partial charge in [0.15, 0.2) is 0 Å². The molecule has 2 amide bonds. The van der Waals surface area contributed by atoms with Gasteiger partial charge in [-0.15, -0.1) is 0 Å². The SMILES string of the molecule is CONC(=O)N(Cc1ccco1)c1ccc(Cl)cc1. The van der Waals surface area contributed by atoms with Crippen LogP contribution < -0.4 is 10.4 Å². The van der Waals surface area contributed by atoms with Crippen LogP contribution >= 0.6 is 11.6 Å². The number of halogens is 1. The molecule has 0 saturated heterocycles. The van der Waals surface area contributed by atoms with Gasteiger partial charge in [-0.25, -0.2) is 10.3 Å². The van der Waals surface area contributed by atoms with Gasteiger partial charge in [0.1, 0.15) is 5.76 Å². The number of hydroxylamine groups is 1. The zero-order valence-electron chi connectivity index (χ0n) is 10.3. The molecule has 5 nitrogen and oxygen atoms in total. The number of anilines is 1. The number of nitrogens with one attached hydrogen (secondary N) is 1. The highest BCUT2D eigenvalue weighted by molar-refractivity contribution is 6.30. The molecule has 1 aromatic carbocycles. The van der Waals surface area contributed by atoms with Crippen molar-refractivity contribution in [1.29, 1.82) is 0 Å². The summed E-state index contributed by atoms with van der Waals surface area (Å²) in [6.45, 7) is 0.295. The highest BCUT2D eigenvalue weighted by Crippen LogP contribution is 2.20. The summed E-state index contributed by atoms with van der Waals surface area (Å²) in [6.07, 6.45) is 1.56. The number of benzene rings is 1. The van der Waals surface area contributed by atoms with Crippen molar-refractivity contribution in [3.8, 4) is 0 Å². The summed E-state index contributed by atoms with van der Waals surface area (Å²) in [5.74, 6) is 0.668. The van der Waals surface area contributed by atoms with Gasteiger partial charge in [-0.05, 0) is 36.4 Å². The van der Waals surface area contributed by atoms with Crippen LogP contribution in [-0.2, 0) is 11.4 Å². The van der Waals surface area contributed by atoms with Gasteiger partial charge >= 0.3 is 6.03 Å². The number of carbonyl (C=O) groups excluding carboxylic acids is 1. The third-order valence-electron chi connectivity index (χ3n) is 2.47. The second-order valence-electron chi connectivity index (χ2n) is 3.75. The van der Waals surface area contributed by atoms with Crippen LogP contribution in [0.2, 0.25) is 5.02 Å². The predicted molar refractivity (Wildman–Crippen MR) is 71.9 cm³/mol. The first-order valence-corrected chi connectivity index (χ1v) is 5.97. The fourth-order valence-electron chi connectivity index (χ4n) is 1.60. The maximum atomic E-state index is 12.0. The van der Waals surface area contributed by atoms with E-state index in [1.54, 1.807) is 42.7 Å². The molecule has 0 bridgehead atoms. The Bertz CT molecular complexity index is 525. The first-order valence-electron chi connectivity index (χ1n) is 5.59. The fraction of sp³-hybridized carbons (Fsp3) is 0.154. The maximum Gasteiger partial charge on any atom is 0.346 e. The van der Waals surface area contributed by atoms with E-state index in [4.69, 9.17) is 16.0 Å². The lowest BCUT2D eigenvalue weighted by atomic mass is 10.3. The molecule has 1 N–H and O–H groups in total. The van der Waals surface area contributed by atoms with Crippen LogP contribution in [0, 0.1) is 0 Å². The van der Waals surface area contributed by atoms with Crippen molar-refractivity contribution >= 4 is 23.3 Å². The zero-order chi connectivity index (χ0) is 13.7. The van der Waals surface area contributed by atoms with E-state index >= 15 is 0 Å². The molecule has 1 heterocycles. The molecule has 0 spiro atoms. The van der Waals surface area contributed by atoms with Gasteiger partial charge in [-0.3, -0.25) is 9.74 Å². The molecule has 2 rings (SSSR count). The lowest BCUT2D eigenvalue weighted by Gasteiger charge is -2.21. The van der Waals surface area contributed by atoms with Gasteiger partial charge in [-0.2, -0.15) is 0 Å². The van der Waals surface area contributed by atoms with E-state index in [9.17, 15) is 4.79 Å². The fourth-order valence-corrected chi connectivity index (χ4v) is 1.73. The highest BCUT2D eigenvalue weighted by Gasteiger charge is 2.17. The molecule has 1 aromatic heterocycles. The predicted octanol–water partition coefficient (Wildman–Crippen LogP) is 3.21. The first-order chi connectivity index (χ1) is 9.20. The third-order valence-corrected chi connectivity index (χ3v) is 2.72. The Morgan fingerprint density at radius 1 is 1.37 bits per heavy atom. The second-order valence-corrected chi connectivity index (χ2v) is 4.19. The van der Waals surface area contributed by atoms with Crippen molar-refractivity contribution in [3.05, 3.63) is 53.4 Å². The molecule has 0 unspecified atom stereocenters. The number of hydrogen-bond acceptors (Lipinski definition) is 3. The van der Waals surface area contributed by atoms with Gasteiger partial charge in [0.25, 0.3) is 0 Å². The Kier molecular flexibility index (Phi) is 4.43. The zero-order valence-corrected chi connectivity index (χ0v) is 11.1. The summed E-state index contributed by atoms with van der Waals surface area (Å²) >= 11 is 5.84. The Morgan fingerprint density at radius 3 is 2.68 bits per heavy atom. The minimum atomic E-state index is -0.388. The van der Waals surface area contributed by atoms with Crippen LogP contribution in [0.5, 0.6) is 0 Å². The van der Waals surface area contributed by atoms with E-state index in [0.717, 1.165) is 0 Å². The Hall–Kier alpha value is -1.98. The molecule has 0 aliphatic heterocycles. The summed E-state index contributed by atoms with van der Waals surface area (Å²) in [7, 11) is 1.38. The lowest BCUT2D eigenvalue weighted by Crippen LogP contribution is -2.39. The van der Waals surface area contributed by atoms with Gasteiger partial charge < -0.3 is 4.42 Å². The molecule has 0 saturated carbocycles. The molecule has 0 aliphatic rings. The van der Waals surface area contributed by atoms with E-state index in [0.29, 0.717) is 23.0 Å². The third kappa shape index (κ3) is 3.49. The summed E-state index contributed by atoms with van der Waals surface area (Å²) in [5.41, 5.74) is 2.97. The second kappa shape index (κ2) is 6.26. The molecule has 6 heteroatoms. The van der Waals surface area contributed by atoms with E-state index in [1.165, 1.54) is 12.0 Å². The Balaban J connectivity index is 2.23. The van der Waals surface area contributed by atoms with Gasteiger partial charge in [0.2, 0.25) is 0 Å². The van der Waals surface area contributed by atoms with Crippen LogP contribution in [0.15, 0.2) is 47.1 Å². The number of nitrogens with zero attached hydrogens (tertiary/aromatic N) is 1. The largest absolute Gasteiger partial charge is 0.467 e. The summed E-state index contributed by atoms with van der Waals surface area (Å²) in [4.78, 5) is 18.1. The summed E-state index contributed by atoms with van der Waals surface area (Å²) in [6, 6.07) is 10.1. The Labute approximate surface area is 115 Å². The number of urea groups is 1. The van der Waals surface area contributed by atoms with Crippen molar-refractivity contribution in [2.75, 3.05) is 12.0 Å². The first kappa shape index (κ1) is 13.5. The molecule has 0 aliphatic carbocycles. The highest BCUT2D eigenvalue weighted by atomic mass is 35.5. The van der Waals surface area contributed by atoms with E-state index in [1.807, 2.05) is 0 Å². The molecular weight excluding hydrogens is 268 g/mol. The van der Waals surface area contributed by atoms with Gasteiger partial charge in [-0.1, -0.05) is 11.6 Å². The summed E-state index contributed by atoms with van der Waals surface area (Å²) < 4.78 is 5.25. The van der Waals surface area contributed by atoms with Crippen molar-refractivity contribution in [3.63, 3.8) is 0 Å². The van der Waals surface area contributed by atoms with Crippen LogP contribution in [0.4, 0.5) is 10.5 Å². The monoisotopic (exact) mass is 280 g/mol. The van der Waals surface area contributed by atoms with Crippen molar-refractivity contribution in [2.24, 2.45) is 0 Å². The van der Waals surface area contributed by atoms with Crippen LogP contribution in [0.25, 0.3) is 0 Å². The molecular formula is C13H13ClN2O3. The number of furan rings is 1. The molecule has 0 atom stereocenters. The quantitative estimate of drug-likeness (QED) is 0.875. The molecule has 2 aromatic rings. The minimum absolute atomic E-state index is 0.295. The average Bonchev–Trinajstić information content (AvgIpc) is 2.90. The van der Waals surface area contributed by atoms with Crippen molar-refractivity contribution < 1.29 is 14.0 Å². The van der Waals surface area contributed by atoms with Crippen molar-refractivity contribution in [1.82, 2.24) is 5.48 Å². The smallest absolute Gasteiger partial charge is 0.346 e. The average molecular weight is 281 g/mol. The molecule has 0 fully saturated rings. The van der Waals surface area contributed by atoms with E-state index in [-0.39, 0.29) is 6.03 Å². The number of amides is 2. The standard InChI is InChI=1S/C13H13ClN2O3/c1-18-15-13(17)16(9-12-3-2-8-19-12)11-6-4-10(14)5-7-11/h2-8H,9H2,1H3,(H,15,17). The molecule has 19 heavy (non-hydrogen) atoms. The van der Waals surface area contributed by atoms with Gasteiger partial charge in [0.05, 0.1) is 19.9 Å². The normalized spacial score (nSPS) is 10.2.